The minimum absolute atomic E-state index is 0.0687. The molecule has 0 saturated carbocycles. The fourth-order valence-electron chi connectivity index (χ4n) is 3.32. The predicted octanol–water partition coefficient (Wildman–Crippen LogP) is 1.43. The monoisotopic (exact) mass is 266 g/mol. The number of imidazole rings is 1. The number of hydrogen-bond acceptors (Lipinski definition) is 4. The molecule has 5 heteroatoms. The van der Waals surface area contributed by atoms with E-state index in [4.69, 9.17) is 9.47 Å². The van der Waals surface area contributed by atoms with E-state index < -0.39 is 6.10 Å². The predicted molar refractivity (Wildman–Crippen MR) is 69.6 cm³/mol. The lowest BCUT2D eigenvalue weighted by Crippen LogP contribution is -2.45. The smallest absolute Gasteiger partial charge is 0.0985 e. The van der Waals surface area contributed by atoms with Gasteiger partial charge in [-0.1, -0.05) is 0 Å². The van der Waals surface area contributed by atoms with Crippen LogP contribution in [-0.2, 0) is 16.5 Å². The van der Waals surface area contributed by atoms with Gasteiger partial charge in [-0.05, 0) is 31.6 Å². The Labute approximate surface area is 113 Å². The van der Waals surface area contributed by atoms with Crippen LogP contribution in [0.5, 0.6) is 0 Å². The summed E-state index contributed by atoms with van der Waals surface area (Å²) in [4.78, 5) is 4.09. The molecule has 2 saturated heterocycles. The molecule has 2 unspecified atom stereocenters. The van der Waals surface area contributed by atoms with E-state index in [1.807, 2.05) is 11.6 Å². The molecule has 1 N–H and O–H groups in total. The van der Waals surface area contributed by atoms with Gasteiger partial charge in [-0.25, -0.2) is 4.98 Å². The van der Waals surface area contributed by atoms with E-state index in [1.54, 1.807) is 12.5 Å². The van der Waals surface area contributed by atoms with Crippen molar-refractivity contribution in [3.8, 4) is 0 Å². The molecule has 2 aliphatic heterocycles. The van der Waals surface area contributed by atoms with Crippen LogP contribution in [0.25, 0.3) is 0 Å². The van der Waals surface area contributed by atoms with E-state index in [1.165, 1.54) is 0 Å². The van der Waals surface area contributed by atoms with E-state index >= 15 is 0 Å². The Bertz CT molecular complexity index is 421. The maximum Gasteiger partial charge on any atom is 0.0985 e. The van der Waals surface area contributed by atoms with Gasteiger partial charge < -0.3 is 19.1 Å². The Morgan fingerprint density at radius 1 is 1.42 bits per heavy atom. The van der Waals surface area contributed by atoms with E-state index in [0.29, 0.717) is 0 Å². The standard InChI is InChI=1S/C14H22N2O3/c1-16-10-15-9-12(16)13(17)11-2-5-19-14(8-11)3-6-18-7-4-14/h9-11,13,17H,2-8H2,1H3. The quantitative estimate of drug-likeness (QED) is 0.880. The average Bonchev–Trinajstić information content (AvgIpc) is 2.85. The molecule has 3 heterocycles. The van der Waals surface area contributed by atoms with Crippen molar-refractivity contribution in [3.05, 3.63) is 18.2 Å². The van der Waals surface area contributed by atoms with E-state index in [2.05, 4.69) is 4.98 Å². The minimum Gasteiger partial charge on any atom is -0.387 e. The summed E-state index contributed by atoms with van der Waals surface area (Å²) >= 11 is 0. The second-order valence-electron chi connectivity index (χ2n) is 5.77. The Kier molecular flexibility index (Phi) is 3.60. The van der Waals surface area contributed by atoms with Crippen LogP contribution >= 0.6 is 0 Å². The Hall–Kier alpha value is -0.910. The number of ether oxygens (including phenoxy) is 2. The third kappa shape index (κ3) is 2.55. The highest BCUT2D eigenvalue weighted by atomic mass is 16.5. The molecule has 3 rings (SSSR count). The summed E-state index contributed by atoms with van der Waals surface area (Å²) in [5, 5.41) is 10.6. The van der Waals surface area contributed by atoms with Crippen LogP contribution in [0.2, 0.25) is 0 Å². The van der Waals surface area contributed by atoms with Gasteiger partial charge in [0.05, 0.1) is 29.9 Å². The Morgan fingerprint density at radius 2 is 2.21 bits per heavy atom. The number of aromatic nitrogens is 2. The topological polar surface area (TPSA) is 56.5 Å². The number of nitrogens with zero attached hydrogens (tertiary/aromatic N) is 2. The first-order valence-corrected chi connectivity index (χ1v) is 7.06. The van der Waals surface area contributed by atoms with E-state index in [0.717, 1.165) is 51.2 Å². The molecule has 0 aromatic carbocycles. The largest absolute Gasteiger partial charge is 0.387 e. The summed E-state index contributed by atoms with van der Waals surface area (Å²) in [5.41, 5.74) is 0.829. The van der Waals surface area contributed by atoms with Gasteiger partial charge in [0.25, 0.3) is 0 Å². The lowest BCUT2D eigenvalue weighted by atomic mass is 9.78. The summed E-state index contributed by atoms with van der Waals surface area (Å²) in [6.45, 7) is 2.28. The van der Waals surface area contributed by atoms with Crippen LogP contribution < -0.4 is 0 Å². The zero-order chi connectivity index (χ0) is 13.3. The van der Waals surface area contributed by atoms with Crippen molar-refractivity contribution >= 4 is 0 Å². The number of aliphatic hydroxyl groups is 1. The molecule has 5 nitrogen and oxygen atoms in total. The van der Waals surface area contributed by atoms with Crippen LogP contribution in [0, 0.1) is 5.92 Å². The van der Waals surface area contributed by atoms with E-state index in [9.17, 15) is 5.11 Å². The molecule has 2 atom stereocenters. The van der Waals surface area contributed by atoms with Crippen LogP contribution in [0.15, 0.2) is 12.5 Å². The van der Waals surface area contributed by atoms with Crippen LogP contribution in [0.1, 0.15) is 37.5 Å². The molecular formula is C14H22N2O3. The molecule has 0 aliphatic carbocycles. The van der Waals surface area contributed by atoms with E-state index in [-0.39, 0.29) is 11.5 Å². The van der Waals surface area contributed by atoms with Gasteiger partial charge >= 0.3 is 0 Å². The first-order valence-electron chi connectivity index (χ1n) is 7.06. The van der Waals surface area contributed by atoms with Crippen LogP contribution in [-0.4, -0.2) is 40.1 Å². The number of aliphatic hydroxyl groups excluding tert-OH is 1. The maximum absolute atomic E-state index is 10.6. The SMILES string of the molecule is Cn1cncc1C(O)C1CCOC2(CCOCC2)C1. The molecule has 1 aromatic heterocycles. The summed E-state index contributed by atoms with van der Waals surface area (Å²) in [6, 6.07) is 0. The van der Waals surface area contributed by atoms with Gasteiger partial charge in [-0.15, -0.1) is 0 Å². The molecule has 0 bridgehead atoms. The van der Waals surface area contributed by atoms with Crippen molar-refractivity contribution in [2.24, 2.45) is 13.0 Å². The second kappa shape index (κ2) is 5.23. The first kappa shape index (κ1) is 13.1. The zero-order valence-corrected chi connectivity index (χ0v) is 11.4. The Balaban J connectivity index is 1.72. The molecule has 19 heavy (non-hydrogen) atoms. The fourth-order valence-corrected chi connectivity index (χ4v) is 3.32. The second-order valence-corrected chi connectivity index (χ2v) is 5.77. The van der Waals surface area contributed by atoms with Crippen LogP contribution in [0.3, 0.4) is 0 Å². The van der Waals surface area contributed by atoms with Gasteiger partial charge in [0.2, 0.25) is 0 Å². The molecular weight excluding hydrogens is 244 g/mol. The van der Waals surface area contributed by atoms with Gasteiger partial charge in [0.15, 0.2) is 0 Å². The first-order chi connectivity index (χ1) is 9.20. The summed E-state index contributed by atoms with van der Waals surface area (Å²) in [7, 11) is 1.93. The van der Waals surface area contributed by atoms with Crippen molar-refractivity contribution in [3.63, 3.8) is 0 Å². The van der Waals surface area contributed by atoms with Gasteiger partial charge in [-0.3, -0.25) is 0 Å². The highest BCUT2D eigenvalue weighted by Gasteiger charge is 2.41. The molecule has 0 amide bonds. The molecule has 0 radical (unpaired) electrons. The summed E-state index contributed by atoms with van der Waals surface area (Å²) < 4.78 is 13.3. The molecule has 1 aromatic rings. The normalized spacial score (nSPS) is 28.4. The number of aryl methyl sites for hydroxylation is 1. The van der Waals surface area contributed by atoms with Gasteiger partial charge in [0, 0.05) is 26.9 Å². The number of rotatable bonds is 2. The molecule has 1 spiro atoms. The fraction of sp³-hybridized carbons (Fsp3) is 0.786. The van der Waals surface area contributed by atoms with Gasteiger partial charge in [0.1, 0.15) is 0 Å². The van der Waals surface area contributed by atoms with Crippen LogP contribution in [0.4, 0.5) is 0 Å². The highest BCUT2D eigenvalue weighted by molar-refractivity contribution is 5.05. The molecule has 2 aliphatic rings. The van der Waals surface area contributed by atoms with Gasteiger partial charge in [-0.2, -0.15) is 0 Å². The average molecular weight is 266 g/mol. The lowest BCUT2D eigenvalue weighted by molar-refractivity contribution is -0.159. The summed E-state index contributed by atoms with van der Waals surface area (Å²) in [5.74, 6) is 0.252. The molecule has 106 valence electrons. The third-order valence-electron chi connectivity index (χ3n) is 4.54. The lowest BCUT2D eigenvalue weighted by Gasteiger charge is -2.44. The minimum atomic E-state index is -0.448. The van der Waals surface area contributed by atoms with Crippen molar-refractivity contribution in [1.82, 2.24) is 9.55 Å². The van der Waals surface area contributed by atoms with Crippen molar-refractivity contribution in [1.29, 1.82) is 0 Å². The number of hydrogen-bond donors (Lipinski definition) is 1. The molecule has 2 fully saturated rings. The highest BCUT2D eigenvalue weighted by Crippen LogP contribution is 2.41. The van der Waals surface area contributed by atoms with Crippen molar-refractivity contribution in [2.45, 2.75) is 37.4 Å². The maximum atomic E-state index is 10.6. The van der Waals surface area contributed by atoms with Crippen molar-refractivity contribution in [2.75, 3.05) is 19.8 Å². The zero-order valence-electron chi connectivity index (χ0n) is 11.4. The van der Waals surface area contributed by atoms with Crippen molar-refractivity contribution < 1.29 is 14.6 Å². The summed E-state index contributed by atoms with van der Waals surface area (Å²) in [6.07, 6.45) is 6.77. The Morgan fingerprint density at radius 3 is 2.89 bits per heavy atom. The third-order valence-corrected chi connectivity index (χ3v) is 4.54.